The number of amides is 1. The molecule has 0 aromatic carbocycles. The third-order valence-electron chi connectivity index (χ3n) is 4.13. The molecule has 3 atom stereocenters. The number of nitrogens with one attached hydrogen (secondary N) is 1. The Hall–Kier alpha value is -0.810. The molecule has 0 aromatic heterocycles. The van der Waals surface area contributed by atoms with Crippen LogP contribution in [0, 0.1) is 11.8 Å². The van der Waals surface area contributed by atoms with Gasteiger partial charge in [0.05, 0.1) is 6.10 Å². The Morgan fingerprint density at radius 3 is 2.50 bits per heavy atom. The van der Waals surface area contributed by atoms with Crippen molar-refractivity contribution in [3.8, 4) is 0 Å². The molecule has 5 nitrogen and oxygen atoms in total. The minimum atomic E-state index is -0.476. The van der Waals surface area contributed by atoms with Gasteiger partial charge in [0, 0.05) is 19.1 Å². The number of likely N-dealkylation sites (N-methyl/N-ethyl adjacent to an activating group) is 1. The van der Waals surface area contributed by atoms with E-state index < -0.39 is 5.60 Å². The van der Waals surface area contributed by atoms with Crippen molar-refractivity contribution in [3.63, 3.8) is 0 Å². The van der Waals surface area contributed by atoms with Crippen molar-refractivity contribution in [1.29, 1.82) is 0 Å². The first-order valence-corrected chi connectivity index (χ1v) is 8.50. The van der Waals surface area contributed by atoms with Crippen molar-refractivity contribution in [1.82, 2.24) is 10.2 Å². The Balaban J connectivity index is 2.57. The molecule has 1 aliphatic heterocycles. The average Bonchev–Trinajstić information content (AvgIpc) is 2.35. The van der Waals surface area contributed by atoms with Gasteiger partial charge in [0.2, 0.25) is 0 Å². The fourth-order valence-electron chi connectivity index (χ4n) is 2.92. The van der Waals surface area contributed by atoms with E-state index >= 15 is 0 Å². The summed E-state index contributed by atoms with van der Waals surface area (Å²) >= 11 is 0. The Labute approximate surface area is 135 Å². The number of carbonyl (C=O) groups excluding carboxylic acids is 1. The molecule has 0 aromatic rings. The Kier molecular flexibility index (Phi) is 7.13. The van der Waals surface area contributed by atoms with E-state index in [-0.39, 0.29) is 24.2 Å². The van der Waals surface area contributed by atoms with E-state index in [1.54, 1.807) is 0 Å². The lowest BCUT2D eigenvalue weighted by Crippen LogP contribution is -2.52. The number of hydrogen-bond donors (Lipinski definition) is 2. The first kappa shape index (κ1) is 19.2. The molecule has 1 amide bonds. The predicted octanol–water partition coefficient (Wildman–Crippen LogP) is 2.63. The number of aliphatic hydroxyl groups excluding tert-OH is 1. The summed E-state index contributed by atoms with van der Waals surface area (Å²) in [5.41, 5.74) is -0.476. The largest absolute Gasteiger partial charge is 0.444 e. The van der Waals surface area contributed by atoms with Crippen molar-refractivity contribution in [2.45, 2.75) is 72.1 Å². The van der Waals surface area contributed by atoms with Crippen LogP contribution in [0.5, 0.6) is 0 Å². The van der Waals surface area contributed by atoms with Gasteiger partial charge in [0.15, 0.2) is 0 Å². The van der Waals surface area contributed by atoms with E-state index in [4.69, 9.17) is 4.74 Å². The fourth-order valence-corrected chi connectivity index (χ4v) is 2.92. The van der Waals surface area contributed by atoms with Crippen LogP contribution in [0.15, 0.2) is 0 Å². The second-order valence-electron chi connectivity index (χ2n) is 7.84. The van der Waals surface area contributed by atoms with Gasteiger partial charge >= 0.3 is 6.09 Å². The summed E-state index contributed by atoms with van der Waals surface area (Å²) < 4.78 is 5.35. The van der Waals surface area contributed by atoms with E-state index in [2.05, 4.69) is 17.1 Å². The fraction of sp³-hybridized carbons (Fsp3) is 0.941. The number of piperidine rings is 1. The summed E-state index contributed by atoms with van der Waals surface area (Å²) in [7, 11) is 0. The van der Waals surface area contributed by atoms with Gasteiger partial charge in [0.25, 0.3) is 0 Å². The molecule has 22 heavy (non-hydrogen) atoms. The number of rotatable bonds is 5. The molecule has 1 heterocycles. The molecular formula is C17H34N2O3. The van der Waals surface area contributed by atoms with Crippen LogP contribution in [0.3, 0.4) is 0 Å². The minimum Gasteiger partial charge on any atom is -0.444 e. The highest BCUT2D eigenvalue weighted by atomic mass is 16.6. The zero-order chi connectivity index (χ0) is 16.9. The number of aliphatic hydroxyl groups is 1. The quantitative estimate of drug-likeness (QED) is 0.819. The third-order valence-corrected chi connectivity index (χ3v) is 4.13. The Morgan fingerprint density at radius 2 is 2.00 bits per heavy atom. The lowest BCUT2D eigenvalue weighted by Gasteiger charge is -2.38. The van der Waals surface area contributed by atoms with Crippen molar-refractivity contribution < 1.29 is 14.6 Å². The topological polar surface area (TPSA) is 61.8 Å². The minimum absolute atomic E-state index is 0.0907. The highest BCUT2D eigenvalue weighted by Crippen LogP contribution is 2.24. The van der Waals surface area contributed by atoms with Crippen molar-refractivity contribution in [3.05, 3.63) is 0 Å². The van der Waals surface area contributed by atoms with Gasteiger partial charge in [-0.15, -0.1) is 0 Å². The Morgan fingerprint density at radius 1 is 1.36 bits per heavy atom. The molecule has 0 aliphatic carbocycles. The van der Waals surface area contributed by atoms with E-state index in [1.807, 2.05) is 34.6 Å². The van der Waals surface area contributed by atoms with Gasteiger partial charge < -0.3 is 20.1 Å². The lowest BCUT2D eigenvalue weighted by atomic mass is 9.87. The molecule has 5 heteroatoms. The van der Waals surface area contributed by atoms with Crippen LogP contribution in [-0.4, -0.2) is 53.5 Å². The van der Waals surface area contributed by atoms with Gasteiger partial charge in [0.1, 0.15) is 5.60 Å². The molecule has 0 radical (unpaired) electrons. The van der Waals surface area contributed by atoms with Gasteiger partial charge in [-0.25, -0.2) is 4.79 Å². The second kappa shape index (κ2) is 8.16. The number of alkyl carbamates (subject to hydrolysis) is 1. The van der Waals surface area contributed by atoms with Crippen LogP contribution >= 0.6 is 0 Å². The van der Waals surface area contributed by atoms with Gasteiger partial charge in [-0.3, -0.25) is 0 Å². The average molecular weight is 314 g/mol. The highest BCUT2D eigenvalue weighted by Gasteiger charge is 2.30. The van der Waals surface area contributed by atoms with Gasteiger partial charge in [-0.2, -0.15) is 0 Å². The van der Waals surface area contributed by atoms with Crippen LogP contribution in [0.2, 0.25) is 0 Å². The molecule has 0 bridgehead atoms. The normalized spacial score (nSPS) is 25.1. The smallest absolute Gasteiger partial charge is 0.407 e. The molecular weight excluding hydrogens is 280 g/mol. The van der Waals surface area contributed by atoms with Crippen molar-refractivity contribution in [2.75, 3.05) is 19.6 Å². The van der Waals surface area contributed by atoms with E-state index in [0.717, 1.165) is 32.5 Å². The first-order chi connectivity index (χ1) is 10.1. The number of ether oxygens (including phenoxy) is 1. The second-order valence-corrected chi connectivity index (χ2v) is 7.84. The summed E-state index contributed by atoms with van der Waals surface area (Å²) in [5, 5.41) is 13.1. The standard InChI is InChI=1S/C17H34N2O3/c1-7-19-10-13(9-15(20)12(2)3)8-14(11-19)18-16(21)22-17(4,5)6/h12-15,20H,7-11H2,1-6H3,(H,18,21). The van der Waals surface area contributed by atoms with Crippen LogP contribution in [0.1, 0.15) is 54.4 Å². The zero-order valence-corrected chi connectivity index (χ0v) is 15.1. The highest BCUT2D eigenvalue weighted by molar-refractivity contribution is 5.68. The molecule has 1 aliphatic rings. The predicted molar refractivity (Wildman–Crippen MR) is 88.8 cm³/mol. The van der Waals surface area contributed by atoms with Crippen LogP contribution in [0.4, 0.5) is 4.79 Å². The molecule has 130 valence electrons. The summed E-state index contributed by atoms with van der Waals surface area (Å²) in [4.78, 5) is 14.3. The third kappa shape index (κ3) is 6.97. The maximum absolute atomic E-state index is 12.0. The molecule has 1 rings (SSSR count). The van der Waals surface area contributed by atoms with Gasteiger partial charge in [-0.05, 0) is 52.0 Å². The Bertz CT molecular complexity index is 352. The van der Waals surface area contributed by atoms with Crippen LogP contribution in [0.25, 0.3) is 0 Å². The molecule has 1 saturated heterocycles. The molecule has 0 saturated carbocycles. The maximum atomic E-state index is 12.0. The maximum Gasteiger partial charge on any atom is 0.407 e. The molecule has 0 spiro atoms. The molecule has 3 unspecified atom stereocenters. The molecule has 1 fully saturated rings. The van der Waals surface area contributed by atoms with E-state index in [9.17, 15) is 9.90 Å². The van der Waals surface area contributed by atoms with Crippen molar-refractivity contribution >= 4 is 6.09 Å². The summed E-state index contributed by atoms with van der Waals surface area (Å²) in [6.45, 7) is 14.6. The number of hydrogen-bond acceptors (Lipinski definition) is 4. The SMILES string of the molecule is CCN1CC(CC(O)C(C)C)CC(NC(=O)OC(C)(C)C)C1. The number of nitrogens with zero attached hydrogens (tertiary/aromatic N) is 1. The summed E-state index contributed by atoms with van der Waals surface area (Å²) in [6.07, 6.45) is 1.07. The number of carbonyl (C=O) groups is 1. The first-order valence-electron chi connectivity index (χ1n) is 8.50. The van der Waals surface area contributed by atoms with Crippen molar-refractivity contribution in [2.24, 2.45) is 11.8 Å². The summed E-state index contributed by atoms with van der Waals surface area (Å²) in [6, 6.07) is 0.0907. The monoisotopic (exact) mass is 314 g/mol. The van der Waals surface area contributed by atoms with E-state index in [1.165, 1.54) is 0 Å². The van der Waals surface area contributed by atoms with E-state index in [0.29, 0.717) is 5.92 Å². The number of likely N-dealkylation sites (tertiary alicyclic amines) is 1. The van der Waals surface area contributed by atoms with Gasteiger partial charge in [-0.1, -0.05) is 20.8 Å². The summed E-state index contributed by atoms with van der Waals surface area (Å²) in [5.74, 6) is 0.681. The van der Waals surface area contributed by atoms with Crippen LogP contribution < -0.4 is 5.32 Å². The zero-order valence-electron chi connectivity index (χ0n) is 15.1. The molecule has 2 N–H and O–H groups in total. The lowest BCUT2D eigenvalue weighted by molar-refractivity contribution is 0.0392. The van der Waals surface area contributed by atoms with Crippen LogP contribution in [-0.2, 0) is 4.74 Å².